The molecule has 0 aliphatic heterocycles. The molecule has 1 rings (SSSR count). The quantitative estimate of drug-likeness (QED) is 0.744. The van der Waals surface area contributed by atoms with Crippen molar-refractivity contribution in [1.29, 1.82) is 0 Å². The van der Waals surface area contributed by atoms with Gasteiger partial charge in [-0.3, -0.25) is 0 Å². The molecule has 1 unspecified atom stereocenters. The Kier molecular flexibility index (Phi) is 3.04. The van der Waals surface area contributed by atoms with Crippen molar-refractivity contribution < 1.29 is 4.39 Å². The predicted octanol–water partition coefficient (Wildman–Crippen LogP) is 2.33. The van der Waals surface area contributed by atoms with E-state index in [1.165, 1.54) is 0 Å². The Balaban J connectivity index is 3.01. The number of nitrogens with two attached hydrogens (primary N) is 1. The van der Waals surface area contributed by atoms with E-state index in [2.05, 4.69) is 0 Å². The predicted molar refractivity (Wildman–Crippen MR) is 53.2 cm³/mol. The van der Waals surface area contributed by atoms with Crippen molar-refractivity contribution in [2.45, 2.75) is 33.2 Å². The van der Waals surface area contributed by atoms with Crippen LogP contribution in [-0.2, 0) is 6.42 Å². The largest absolute Gasteiger partial charge is 0.328 e. The summed E-state index contributed by atoms with van der Waals surface area (Å²) in [5.74, 6) is -0.139. The second-order valence-electron chi connectivity index (χ2n) is 3.71. The summed E-state index contributed by atoms with van der Waals surface area (Å²) in [6.45, 7) is 5.78. The van der Waals surface area contributed by atoms with Crippen LogP contribution in [0.1, 0.15) is 23.6 Å². The van der Waals surface area contributed by atoms with E-state index in [4.69, 9.17) is 5.73 Å². The zero-order valence-electron chi connectivity index (χ0n) is 8.39. The molecule has 72 valence electrons. The summed E-state index contributed by atoms with van der Waals surface area (Å²) in [5, 5.41) is 0. The fraction of sp³-hybridized carbons (Fsp3) is 0.455. The number of hydrogen-bond acceptors (Lipinski definition) is 1. The minimum absolute atomic E-state index is 0.0107. The molecular weight excluding hydrogens is 165 g/mol. The van der Waals surface area contributed by atoms with Crippen LogP contribution >= 0.6 is 0 Å². The van der Waals surface area contributed by atoms with Crippen LogP contribution in [0.2, 0.25) is 0 Å². The number of hydrogen-bond donors (Lipinski definition) is 1. The SMILES string of the molecule is Cc1cc(F)c(CC(C)N)cc1C. The molecule has 0 spiro atoms. The Morgan fingerprint density at radius 2 is 1.85 bits per heavy atom. The zero-order chi connectivity index (χ0) is 10.0. The normalized spacial score (nSPS) is 13.0. The van der Waals surface area contributed by atoms with Crippen LogP contribution in [0.15, 0.2) is 12.1 Å². The first kappa shape index (κ1) is 10.2. The molecule has 2 N–H and O–H groups in total. The second kappa shape index (κ2) is 3.88. The zero-order valence-corrected chi connectivity index (χ0v) is 8.39. The maximum Gasteiger partial charge on any atom is 0.126 e. The highest BCUT2D eigenvalue weighted by Crippen LogP contribution is 2.15. The van der Waals surface area contributed by atoms with E-state index in [0.29, 0.717) is 6.42 Å². The monoisotopic (exact) mass is 181 g/mol. The first-order valence-corrected chi connectivity index (χ1v) is 4.52. The summed E-state index contributed by atoms with van der Waals surface area (Å²) in [6.07, 6.45) is 0.604. The first-order chi connectivity index (χ1) is 6.00. The fourth-order valence-corrected chi connectivity index (χ4v) is 1.34. The first-order valence-electron chi connectivity index (χ1n) is 4.52. The Morgan fingerprint density at radius 3 is 2.38 bits per heavy atom. The minimum atomic E-state index is -0.139. The number of rotatable bonds is 2. The third kappa shape index (κ3) is 2.52. The summed E-state index contributed by atoms with van der Waals surface area (Å²) in [6, 6.07) is 3.47. The third-order valence-electron chi connectivity index (χ3n) is 2.20. The van der Waals surface area contributed by atoms with Gasteiger partial charge in [-0.25, -0.2) is 4.39 Å². The molecule has 0 bridgehead atoms. The molecule has 1 aromatic rings. The van der Waals surface area contributed by atoms with E-state index in [1.807, 2.05) is 26.8 Å². The van der Waals surface area contributed by atoms with Crippen LogP contribution in [0.3, 0.4) is 0 Å². The van der Waals surface area contributed by atoms with Gasteiger partial charge in [-0.2, -0.15) is 0 Å². The van der Waals surface area contributed by atoms with Crippen LogP contribution in [0.5, 0.6) is 0 Å². The van der Waals surface area contributed by atoms with Crippen LogP contribution in [0.4, 0.5) is 4.39 Å². The molecule has 0 aromatic heterocycles. The van der Waals surface area contributed by atoms with Gasteiger partial charge in [-0.1, -0.05) is 6.07 Å². The lowest BCUT2D eigenvalue weighted by atomic mass is 10.0. The lowest BCUT2D eigenvalue weighted by molar-refractivity contribution is 0.594. The third-order valence-corrected chi connectivity index (χ3v) is 2.20. The average molecular weight is 181 g/mol. The Bertz CT molecular complexity index is 305. The molecule has 1 aromatic carbocycles. The molecule has 0 saturated carbocycles. The lowest BCUT2D eigenvalue weighted by Crippen LogP contribution is -2.18. The smallest absolute Gasteiger partial charge is 0.126 e. The highest BCUT2D eigenvalue weighted by molar-refractivity contribution is 5.31. The average Bonchev–Trinajstić information content (AvgIpc) is 1.99. The highest BCUT2D eigenvalue weighted by Gasteiger charge is 2.06. The molecule has 0 aliphatic carbocycles. The maximum absolute atomic E-state index is 13.3. The standard InChI is InChI=1S/C11H16FN/c1-7-4-10(6-9(3)13)11(12)5-8(7)2/h4-5,9H,6,13H2,1-3H3. The minimum Gasteiger partial charge on any atom is -0.328 e. The van der Waals surface area contributed by atoms with Crippen LogP contribution in [0.25, 0.3) is 0 Å². The highest BCUT2D eigenvalue weighted by atomic mass is 19.1. The van der Waals surface area contributed by atoms with Crippen molar-refractivity contribution >= 4 is 0 Å². The van der Waals surface area contributed by atoms with Crippen molar-refractivity contribution in [2.24, 2.45) is 5.73 Å². The summed E-state index contributed by atoms with van der Waals surface area (Å²) < 4.78 is 13.3. The van der Waals surface area contributed by atoms with Crippen LogP contribution < -0.4 is 5.73 Å². The fourth-order valence-electron chi connectivity index (χ4n) is 1.34. The summed E-state index contributed by atoms with van der Waals surface area (Å²) in [5.41, 5.74) is 8.45. The van der Waals surface area contributed by atoms with Gasteiger partial charge in [0.15, 0.2) is 0 Å². The van der Waals surface area contributed by atoms with Gasteiger partial charge in [0, 0.05) is 6.04 Å². The van der Waals surface area contributed by atoms with E-state index in [-0.39, 0.29) is 11.9 Å². The molecule has 0 radical (unpaired) electrons. The summed E-state index contributed by atoms with van der Waals surface area (Å²) in [4.78, 5) is 0. The van der Waals surface area contributed by atoms with Gasteiger partial charge < -0.3 is 5.73 Å². The summed E-state index contributed by atoms with van der Waals surface area (Å²) >= 11 is 0. The van der Waals surface area contributed by atoms with Gasteiger partial charge >= 0.3 is 0 Å². The number of benzene rings is 1. The second-order valence-corrected chi connectivity index (χ2v) is 3.71. The van der Waals surface area contributed by atoms with Gasteiger partial charge in [0.25, 0.3) is 0 Å². The molecule has 0 heterocycles. The number of aryl methyl sites for hydroxylation is 2. The molecule has 1 nitrogen and oxygen atoms in total. The lowest BCUT2D eigenvalue weighted by Gasteiger charge is -2.09. The van der Waals surface area contributed by atoms with Crippen LogP contribution in [-0.4, -0.2) is 6.04 Å². The maximum atomic E-state index is 13.3. The Labute approximate surface area is 78.8 Å². The molecule has 0 amide bonds. The molecule has 0 aliphatic rings. The van der Waals surface area contributed by atoms with E-state index < -0.39 is 0 Å². The van der Waals surface area contributed by atoms with Crippen molar-refractivity contribution in [3.63, 3.8) is 0 Å². The van der Waals surface area contributed by atoms with E-state index in [9.17, 15) is 4.39 Å². The van der Waals surface area contributed by atoms with E-state index in [1.54, 1.807) is 6.07 Å². The molecule has 0 fully saturated rings. The van der Waals surface area contributed by atoms with Crippen molar-refractivity contribution in [1.82, 2.24) is 0 Å². The molecule has 2 heteroatoms. The molecule has 13 heavy (non-hydrogen) atoms. The molecule has 0 saturated heterocycles. The van der Waals surface area contributed by atoms with Crippen molar-refractivity contribution in [3.8, 4) is 0 Å². The topological polar surface area (TPSA) is 26.0 Å². The van der Waals surface area contributed by atoms with Crippen molar-refractivity contribution in [3.05, 3.63) is 34.6 Å². The molecular formula is C11H16FN. The Hall–Kier alpha value is -0.890. The van der Waals surface area contributed by atoms with Gasteiger partial charge in [-0.05, 0) is 49.9 Å². The molecule has 1 atom stereocenters. The van der Waals surface area contributed by atoms with Crippen molar-refractivity contribution in [2.75, 3.05) is 0 Å². The summed E-state index contributed by atoms with van der Waals surface area (Å²) in [7, 11) is 0. The van der Waals surface area contributed by atoms with Gasteiger partial charge in [0.05, 0.1) is 0 Å². The number of halogens is 1. The van der Waals surface area contributed by atoms with Gasteiger partial charge in [-0.15, -0.1) is 0 Å². The van der Waals surface area contributed by atoms with Gasteiger partial charge in [0.1, 0.15) is 5.82 Å². The van der Waals surface area contributed by atoms with Gasteiger partial charge in [0.2, 0.25) is 0 Å². The van der Waals surface area contributed by atoms with E-state index in [0.717, 1.165) is 16.7 Å². The van der Waals surface area contributed by atoms with E-state index >= 15 is 0 Å². The van der Waals surface area contributed by atoms with Crippen LogP contribution in [0, 0.1) is 19.7 Å². The Morgan fingerprint density at radius 1 is 1.31 bits per heavy atom.